The molecule has 0 bridgehead atoms. The molecule has 10 aromatic rings. The maximum Gasteiger partial charge on any atom is 0.160 e. The molecule has 0 amide bonds. The number of rotatable bonds is 6. The number of para-hydroxylation sites is 1. The zero-order valence-electron chi connectivity index (χ0n) is 28.4. The van der Waals surface area contributed by atoms with E-state index >= 15 is 0 Å². The van der Waals surface area contributed by atoms with Gasteiger partial charge >= 0.3 is 0 Å². The van der Waals surface area contributed by atoms with Gasteiger partial charge in [-0.25, -0.2) is 19.6 Å². The maximum absolute atomic E-state index is 5.45. The Bertz CT molecular complexity index is 2850. The van der Waals surface area contributed by atoms with Gasteiger partial charge in [0, 0.05) is 49.5 Å². The van der Waals surface area contributed by atoms with E-state index in [2.05, 4.69) is 101 Å². The molecular formula is C47H29N5O. The van der Waals surface area contributed by atoms with Crippen molar-refractivity contribution in [3.8, 4) is 67.4 Å². The average molecular weight is 680 g/mol. The van der Waals surface area contributed by atoms with Gasteiger partial charge in [0.2, 0.25) is 0 Å². The number of pyridine rings is 1. The SMILES string of the molecule is c1ccc(-c2cc(-c3ccc(-c4cccc5c4nc(-c4ccccc4)c4cc(-c6ccccc6)c6nonc6c45)cc3)nc(-c3ccccc3)n2)cc1. The van der Waals surface area contributed by atoms with Crippen LogP contribution in [-0.4, -0.2) is 25.3 Å². The second kappa shape index (κ2) is 12.8. The zero-order valence-corrected chi connectivity index (χ0v) is 28.4. The molecule has 0 spiro atoms. The van der Waals surface area contributed by atoms with Crippen LogP contribution in [-0.2, 0) is 0 Å². The smallest absolute Gasteiger partial charge is 0.160 e. The Kier molecular flexibility index (Phi) is 7.36. The van der Waals surface area contributed by atoms with Crippen LogP contribution in [0, 0.1) is 0 Å². The lowest BCUT2D eigenvalue weighted by Crippen LogP contribution is -1.96. The Balaban J connectivity index is 1.15. The molecule has 0 N–H and O–H groups in total. The van der Waals surface area contributed by atoms with Gasteiger partial charge in [-0.05, 0) is 33.6 Å². The van der Waals surface area contributed by atoms with Gasteiger partial charge in [-0.3, -0.25) is 0 Å². The first-order valence-corrected chi connectivity index (χ1v) is 17.5. The fourth-order valence-corrected chi connectivity index (χ4v) is 7.21. The Morgan fingerprint density at radius 3 is 1.53 bits per heavy atom. The fourth-order valence-electron chi connectivity index (χ4n) is 7.21. The van der Waals surface area contributed by atoms with E-state index in [-0.39, 0.29) is 0 Å². The second-order valence-electron chi connectivity index (χ2n) is 13.0. The zero-order chi connectivity index (χ0) is 35.1. The van der Waals surface area contributed by atoms with Crippen LogP contribution in [0.4, 0.5) is 0 Å². The number of hydrogen-bond acceptors (Lipinski definition) is 6. The molecule has 3 aromatic heterocycles. The largest absolute Gasteiger partial charge is 0.246 e. The van der Waals surface area contributed by atoms with Crippen molar-refractivity contribution in [2.75, 3.05) is 0 Å². The molecule has 7 aromatic carbocycles. The standard InChI is InChI=1S/C47H29N5O/c1-5-14-30(15-6-1)38-28-39-42(46-45(38)51-53-52-46)37-23-13-22-36(44(37)50-43(39)34-18-9-3-10-19-34)31-24-26-33(27-25-31)41-29-40(32-16-7-2-8-17-32)48-47(49-41)35-20-11-4-12-21-35/h1-29H. The monoisotopic (exact) mass is 679 g/mol. The van der Waals surface area contributed by atoms with Crippen molar-refractivity contribution in [1.82, 2.24) is 25.3 Å². The quantitative estimate of drug-likeness (QED) is 0.163. The highest BCUT2D eigenvalue weighted by Gasteiger charge is 2.21. The maximum atomic E-state index is 5.45. The Labute approximate surface area is 305 Å². The van der Waals surface area contributed by atoms with Crippen LogP contribution in [0.3, 0.4) is 0 Å². The predicted molar refractivity (Wildman–Crippen MR) is 213 cm³/mol. The van der Waals surface area contributed by atoms with Crippen LogP contribution < -0.4 is 0 Å². The molecule has 6 heteroatoms. The molecule has 6 nitrogen and oxygen atoms in total. The van der Waals surface area contributed by atoms with E-state index in [0.29, 0.717) is 11.3 Å². The summed E-state index contributed by atoms with van der Waals surface area (Å²) >= 11 is 0. The molecule has 0 saturated heterocycles. The van der Waals surface area contributed by atoms with Crippen molar-refractivity contribution in [2.45, 2.75) is 0 Å². The minimum absolute atomic E-state index is 0.689. The summed E-state index contributed by atoms with van der Waals surface area (Å²) in [5, 5.41) is 11.8. The van der Waals surface area contributed by atoms with Crippen molar-refractivity contribution in [1.29, 1.82) is 0 Å². The van der Waals surface area contributed by atoms with E-state index in [1.807, 2.05) is 84.9 Å². The number of hydrogen-bond donors (Lipinski definition) is 0. The molecule has 0 fully saturated rings. The molecule has 53 heavy (non-hydrogen) atoms. The molecule has 0 unspecified atom stereocenters. The number of benzene rings is 7. The molecule has 3 heterocycles. The summed E-state index contributed by atoms with van der Waals surface area (Å²) in [6.45, 7) is 0. The van der Waals surface area contributed by atoms with Gasteiger partial charge in [0.15, 0.2) is 5.82 Å². The van der Waals surface area contributed by atoms with Gasteiger partial charge in [0.1, 0.15) is 11.0 Å². The lowest BCUT2D eigenvalue weighted by molar-refractivity contribution is 0.316. The van der Waals surface area contributed by atoms with Crippen LogP contribution in [0.1, 0.15) is 0 Å². The number of fused-ring (bicyclic) bond motifs is 5. The third kappa shape index (κ3) is 5.41. The summed E-state index contributed by atoms with van der Waals surface area (Å²) in [6.07, 6.45) is 0. The highest BCUT2D eigenvalue weighted by atomic mass is 16.6. The number of aromatic nitrogens is 5. The molecule has 248 valence electrons. The summed E-state index contributed by atoms with van der Waals surface area (Å²) in [4.78, 5) is 15.4. The average Bonchev–Trinajstić information content (AvgIpc) is 3.74. The highest BCUT2D eigenvalue weighted by Crippen LogP contribution is 2.42. The van der Waals surface area contributed by atoms with Crippen molar-refractivity contribution < 1.29 is 4.63 Å². The summed E-state index contributed by atoms with van der Waals surface area (Å²) < 4.78 is 5.44. The molecule has 10 rings (SSSR count). The lowest BCUT2D eigenvalue weighted by atomic mass is 9.92. The van der Waals surface area contributed by atoms with E-state index in [4.69, 9.17) is 19.6 Å². The molecule has 0 aliphatic carbocycles. The van der Waals surface area contributed by atoms with E-state index < -0.39 is 0 Å². The summed E-state index contributed by atoms with van der Waals surface area (Å²) in [5.41, 5.74) is 13.0. The van der Waals surface area contributed by atoms with E-state index in [1.165, 1.54) is 0 Å². The molecule has 0 aliphatic rings. The lowest BCUT2D eigenvalue weighted by Gasteiger charge is -2.15. The molecule has 0 aliphatic heterocycles. The third-order valence-corrected chi connectivity index (χ3v) is 9.77. The fraction of sp³-hybridized carbons (Fsp3) is 0. The first kappa shape index (κ1) is 30.5. The van der Waals surface area contributed by atoms with E-state index in [0.717, 1.165) is 88.8 Å². The summed E-state index contributed by atoms with van der Waals surface area (Å²) in [5.74, 6) is 0.689. The summed E-state index contributed by atoms with van der Waals surface area (Å²) in [6, 6.07) is 60.1. The Morgan fingerprint density at radius 2 is 0.868 bits per heavy atom. The van der Waals surface area contributed by atoms with Crippen LogP contribution in [0.15, 0.2) is 181 Å². The number of nitrogens with zero attached hydrogens (tertiary/aromatic N) is 5. The molecular weight excluding hydrogens is 651 g/mol. The van der Waals surface area contributed by atoms with Crippen molar-refractivity contribution in [3.63, 3.8) is 0 Å². The van der Waals surface area contributed by atoms with Crippen molar-refractivity contribution >= 4 is 32.7 Å². The van der Waals surface area contributed by atoms with Crippen LogP contribution in [0.25, 0.3) is 100 Å². The minimum Gasteiger partial charge on any atom is -0.246 e. The van der Waals surface area contributed by atoms with Gasteiger partial charge in [-0.15, -0.1) is 0 Å². The van der Waals surface area contributed by atoms with Crippen molar-refractivity contribution in [2.24, 2.45) is 0 Å². The predicted octanol–water partition coefficient (Wildman–Crippen LogP) is 11.7. The van der Waals surface area contributed by atoms with Gasteiger partial charge in [0.05, 0.1) is 22.6 Å². The summed E-state index contributed by atoms with van der Waals surface area (Å²) in [7, 11) is 0. The van der Waals surface area contributed by atoms with Gasteiger partial charge in [0.25, 0.3) is 0 Å². The van der Waals surface area contributed by atoms with Gasteiger partial charge < -0.3 is 0 Å². The molecule has 0 atom stereocenters. The van der Waals surface area contributed by atoms with Crippen LogP contribution in [0.2, 0.25) is 0 Å². The normalized spacial score (nSPS) is 11.4. The van der Waals surface area contributed by atoms with Gasteiger partial charge in [-0.1, -0.05) is 164 Å². The van der Waals surface area contributed by atoms with E-state index in [9.17, 15) is 0 Å². The minimum atomic E-state index is 0.689. The van der Waals surface area contributed by atoms with Gasteiger partial charge in [-0.2, -0.15) is 0 Å². The van der Waals surface area contributed by atoms with Crippen LogP contribution >= 0.6 is 0 Å². The second-order valence-corrected chi connectivity index (χ2v) is 13.0. The molecule has 0 radical (unpaired) electrons. The van der Waals surface area contributed by atoms with Crippen LogP contribution in [0.5, 0.6) is 0 Å². The highest BCUT2D eigenvalue weighted by molar-refractivity contribution is 6.24. The first-order valence-electron chi connectivity index (χ1n) is 17.5. The Hall–Kier alpha value is -7.31. The Morgan fingerprint density at radius 1 is 0.340 bits per heavy atom. The molecule has 0 saturated carbocycles. The van der Waals surface area contributed by atoms with E-state index in [1.54, 1.807) is 0 Å². The third-order valence-electron chi connectivity index (χ3n) is 9.77. The van der Waals surface area contributed by atoms with Crippen molar-refractivity contribution in [3.05, 3.63) is 176 Å². The first-order chi connectivity index (χ1) is 26.3. The topological polar surface area (TPSA) is 77.6 Å².